The molecule has 2 aromatic rings. The third-order valence-electron chi connectivity index (χ3n) is 4.03. The van der Waals surface area contributed by atoms with Gasteiger partial charge in [-0.1, -0.05) is 18.2 Å². The highest BCUT2D eigenvalue weighted by Crippen LogP contribution is 2.40. The second kappa shape index (κ2) is 5.83. The number of benzene rings is 2. The lowest BCUT2D eigenvalue weighted by molar-refractivity contribution is -0.137. The molecule has 0 aromatic heterocycles. The van der Waals surface area contributed by atoms with E-state index in [4.69, 9.17) is 10.5 Å². The molecule has 1 fully saturated rings. The number of ether oxygens (including phenoxy) is 1. The number of carbonyl (C=O) groups excluding carboxylic acids is 1. The van der Waals surface area contributed by atoms with E-state index in [1.807, 2.05) is 0 Å². The summed E-state index contributed by atoms with van der Waals surface area (Å²) in [4.78, 5) is 13.4. The van der Waals surface area contributed by atoms with Crippen molar-refractivity contribution in [2.75, 3.05) is 12.0 Å². The fourth-order valence-electron chi connectivity index (χ4n) is 2.81. The number of halogens is 3. The molecule has 2 aromatic carbocycles. The van der Waals surface area contributed by atoms with Gasteiger partial charge in [0.1, 0.15) is 11.8 Å². The third kappa shape index (κ3) is 2.71. The number of carbonyl (C=O) groups is 1. The highest BCUT2D eigenvalue weighted by Gasteiger charge is 2.47. The van der Waals surface area contributed by atoms with Gasteiger partial charge in [-0.25, -0.2) is 0 Å². The predicted octanol–water partition coefficient (Wildman–Crippen LogP) is 3.13. The summed E-state index contributed by atoms with van der Waals surface area (Å²) in [6.45, 7) is 0. The first-order chi connectivity index (χ1) is 11.3. The summed E-state index contributed by atoms with van der Waals surface area (Å²) >= 11 is 0. The van der Waals surface area contributed by atoms with E-state index in [2.05, 4.69) is 0 Å². The van der Waals surface area contributed by atoms with E-state index < -0.39 is 29.7 Å². The van der Waals surface area contributed by atoms with E-state index in [-0.39, 0.29) is 5.69 Å². The quantitative estimate of drug-likeness (QED) is 0.876. The molecule has 126 valence electrons. The number of methoxy groups -OCH3 is 1. The number of rotatable bonds is 3. The van der Waals surface area contributed by atoms with Gasteiger partial charge in [0.2, 0.25) is 5.91 Å². The minimum Gasteiger partial charge on any atom is -0.497 e. The minimum atomic E-state index is -4.47. The standard InChI is InChI=1S/C17H15F3N2O2/c1-24-13-7-2-4-10(8-13)15-14(21)16(23)22(15)12-6-3-5-11(9-12)17(18,19)20/h2-9,14-15H,21H2,1H3/t14-,15+/m1/s1. The smallest absolute Gasteiger partial charge is 0.416 e. The lowest BCUT2D eigenvalue weighted by Crippen LogP contribution is -2.63. The monoisotopic (exact) mass is 336 g/mol. The fraction of sp³-hybridized carbons (Fsp3) is 0.235. The zero-order valence-electron chi connectivity index (χ0n) is 12.7. The van der Waals surface area contributed by atoms with E-state index in [0.29, 0.717) is 11.3 Å². The summed E-state index contributed by atoms with van der Waals surface area (Å²) in [6.07, 6.45) is -4.47. The van der Waals surface area contributed by atoms with Crippen molar-refractivity contribution >= 4 is 11.6 Å². The van der Waals surface area contributed by atoms with Crippen LogP contribution in [0.3, 0.4) is 0 Å². The molecule has 0 spiro atoms. The molecule has 2 N–H and O–H groups in total. The number of nitrogens with zero attached hydrogens (tertiary/aromatic N) is 1. The Kier molecular flexibility index (Phi) is 3.96. The Morgan fingerprint density at radius 1 is 1.12 bits per heavy atom. The predicted molar refractivity (Wildman–Crippen MR) is 82.6 cm³/mol. The van der Waals surface area contributed by atoms with Crippen molar-refractivity contribution < 1.29 is 22.7 Å². The molecule has 1 saturated heterocycles. The van der Waals surface area contributed by atoms with E-state index >= 15 is 0 Å². The Morgan fingerprint density at radius 2 is 1.83 bits per heavy atom. The topological polar surface area (TPSA) is 55.6 Å². The second-order valence-corrected chi connectivity index (χ2v) is 5.50. The molecular weight excluding hydrogens is 321 g/mol. The van der Waals surface area contributed by atoms with E-state index in [0.717, 1.165) is 12.1 Å². The highest BCUT2D eigenvalue weighted by atomic mass is 19.4. The molecule has 2 atom stereocenters. The normalized spacial score (nSPS) is 20.7. The van der Waals surface area contributed by atoms with Crippen molar-refractivity contribution in [1.82, 2.24) is 0 Å². The first-order valence-electron chi connectivity index (χ1n) is 7.23. The Hall–Kier alpha value is -2.54. The van der Waals surface area contributed by atoms with Crippen molar-refractivity contribution in [1.29, 1.82) is 0 Å². The Morgan fingerprint density at radius 3 is 2.50 bits per heavy atom. The van der Waals surface area contributed by atoms with Crippen LogP contribution in [0.4, 0.5) is 18.9 Å². The second-order valence-electron chi connectivity index (χ2n) is 5.50. The molecule has 0 bridgehead atoms. The van der Waals surface area contributed by atoms with E-state index in [1.54, 1.807) is 24.3 Å². The van der Waals surface area contributed by atoms with Gasteiger partial charge in [0.15, 0.2) is 0 Å². The molecule has 1 heterocycles. The third-order valence-corrected chi connectivity index (χ3v) is 4.03. The van der Waals surface area contributed by atoms with Gasteiger partial charge in [-0.2, -0.15) is 13.2 Å². The number of hydrogen-bond donors (Lipinski definition) is 1. The van der Waals surface area contributed by atoms with Gasteiger partial charge in [0.25, 0.3) is 0 Å². The maximum Gasteiger partial charge on any atom is 0.416 e. The van der Waals surface area contributed by atoms with Crippen LogP contribution < -0.4 is 15.4 Å². The maximum atomic E-state index is 12.9. The van der Waals surface area contributed by atoms with Gasteiger partial charge in [0, 0.05) is 5.69 Å². The van der Waals surface area contributed by atoms with Gasteiger partial charge in [-0.05, 0) is 35.9 Å². The molecule has 0 radical (unpaired) electrons. The van der Waals surface area contributed by atoms with E-state index in [1.165, 1.54) is 24.1 Å². The average Bonchev–Trinajstić information content (AvgIpc) is 2.58. The SMILES string of the molecule is COc1cccc([C@H]2[C@@H](N)C(=O)N2c2cccc(C(F)(F)F)c2)c1. The van der Waals surface area contributed by atoms with Crippen molar-refractivity contribution in [2.24, 2.45) is 5.73 Å². The molecule has 1 aliphatic rings. The first kappa shape index (κ1) is 16.3. The summed E-state index contributed by atoms with van der Waals surface area (Å²) < 4.78 is 43.9. The van der Waals surface area contributed by atoms with Crippen LogP contribution >= 0.6 is 0 Å². The molecule has 0 saturated carbocycles. The van der Waals surface area contributed by atoms with Crippen LogP contribution in [0.5, 0.6) is 5.75 Å². The van der Waals surface area contributed by atoms with Crippen LogP contribution in [0.25, 0.3) is 0 Å². The van der Waals surface area contributed by atoms with Crippen LogP contribution in [-0.2, 0) is 11.0 Å². The van der Waals surface area contributed by atoms with Gasteiger partial charge in [-0.3, -0.25) is 4.79 Å². The molecule has 1 aliphatic heterocycles. The molecule has 7 heteroatoms. The van der Waals surface area contributed by atoms with Gasteiger partial charge in [0.05, 0.1) is 18.7 Å². The number of nitrogens with two attached hydrogens (primary N) is 1. The Balaban J connectivity index is 1.98. The number of alkyl halides is 3. The number of anilines is 1. The van der Waals surface area contributed by atoms with Crippen LogP contribution in [0.1, 0.15) is 17.2 Å². The van der Waals surface area contributed by atoms with Crippen molar-refractivity contribution in [3.05, 3.63) is 59.7 Å². The van der Waals surface area contributed by atoms with Crippen LogP contribution in [0, 0.1) is 0 Å². The maximum absolute atomic E-state index is 12.9. The zero-order valence-corrected chi connectivity index (χ0v) is 12.7. The average molecular weight is 336 g/mol. The minimum absolute atomic E-state index is 0.171. The Labute approximate surface area is 136 Å². The summed E-state index contributed by atoms with van der Waals surface area (Å²) in [5, 5.41) is 0. The van der Waals surface area contributed by atoms with Gasteiger partial charge in [-0.15, -0.1) is 0 Å². The molecule has 0 unspecified atom stereocenters. The summed E-state index contributed by atoms with van der Waals surface area (Å²) in [5.74, 6) is 0.171. The highest BCUT2D eigenvalue weighted by molar-refractivity contribution is 6.05. The lowest BCUT2D eigenvalue weighted by atomic mass is 9.88. The van der Waals surface area contributed by atoms with Crippen molar-refractivity contribution in [3.63, 3.8) is 0 Å². The van der Waals surface area contributed by atoms with Crippen molar-refractivity contribution in [3.8, 4) is 5.75 Å². The van der Waals surface area contributed by atoms with Crippen LogP contribution in [-0.4, -0.2) is 19.1 Å². The largest absolute Gasteiger partial charge is 0.497 e. The fourth-order valence-corrected chi connectivity index (χ4v) is 2.81. The number of hydrogen-bond acceptors (Lipinski definition) is 3. The molecular formula is C17H15F3N2O2. The first-order valence-corrected chi connectivity index (χ1v) is 7.23. The molecule has 1 amide bonds. The van der Waals surface area contributed by atoms with E-state index in [9.17, 15) is 18.0 Å². The van der Waals surface area contributed by atoms with Crippen LogP contribution in [0.15, 0.2) is 48.5 Å². The van der Waals surface area contributed by atoms with Crippen molar-refractivity contribution in [2.45, 2.75) is 18.3 Å². The zero-order chi connectivity index (χ0) is 17.5. The molecule has 0 aliphatic carbocycles. The molecule has 4 nitrogen and oxygen atoms in total. The summed E-state index contributed by atoms with van der Waals surface area (Å²) in [7, 11) is 1.51. The van der Waals surface area contributed by atoms with Crippen LogP contribution in [0.2, 0.25) is 0 Å². The lowest BCUT2D eigenvalue weighted by Gasteiger charge is -2.45. The number of amides is 1. The Bertz CT molecular complexity index is 776. The molecule has 3 rings (SSSR count). The molecule has 24 heavy (non-hydrogen) atoms. The summed E-state index contributed by atoms with van der Waals surface area (Å²) in [5.41, 5.74) is 5.96. The summed E-state index contributed by atoms with van der Waals surface area (Å²) in [6, 6.07) is 10.3. The number of β-lactam (4-membered cyclic amide) rings is 1. The van der Waals surface area contributed by atoms with Gasteiger partial charge < -0.3 is 15.4 Å². The van der Waals surface area contributed by atoms with Gasteiger partial charge >= 0.3 is 6.18 Å².